The Hall–Kier alpha value is -1.82. The van der Waals surface area contributed by atoms with Crippen molar-refractivity contribution in [3.63, 3.8) is 0 Å². The molecular formula is C16H18F3NO2. The third-order valence-electron chi connectivity index (χ3n) is 3.91. The van der Waals surface area contributed by atoms with Gasteiger partial charge in [0.05, 0.1) is 11.1 Å². The van der Waals surface area contributed by atoms with Crippen molar-refractivity contribution in [1.82, 2.24) is 4.90 Å². The number of carboxylic acid groups (broad SMARTS) is 1. The molecule has 6 heteroatoms. The van der Waals surface area contributed by atoms with Crippen LogP contribution in [0.5, 0.6) is 0 Å². The Bertz CT molecular complexity index is 584. The first-order valence-corrected chi connectivity index (χ1v) is 7.17. The van der Waals surface area contributed by atoms with Gasteiger partial charge in [0.1, 0.15) is 0 Å². The summed E-state index contributed by atoms with van der Waals surface area (Å²) in [6.45, 7) is 4.68. The third kappa shape index (κ3) is 3.88. The number of rotatable bonds is 3. The fourth-order valence-corrected chi connectivity index (χ4v) is 2.58. The fraction of sp³-hybridized carbons (Fsp3) is 0.438. The fourth-order valence-electron chi connectivity index (χ4n) is 2.58. The molecule has 1 saturated heterocycles. The first kappa shape index (κ1) is 16.5. The summed E-state index contributed by atoms with van der Waals surface area (Å²) in [4.78, 5) is 13.1. The number of carboxylic acids is 1. The Morgan fingerprint density at radius 2 is 1.95 bits per heavy atom. The maximum absolute atomic E-state index is 13.1. The van der Waals surface area contributed by atoms with Gasteiger partial charge in [-0.05, 0) is 37.1 Å². The van der Waals surface area contributed by atoms with E-state index in [1.54, 1.807) is 6.08 Å². The number of benzene rings is 1. The zero-order valence-electron chi connectivity index (χ0n) is 12.3. The minimum Gasteiger partial charge on any atom is -0.478 e. The highest BCUT2D eigenvalue weighted by Gasteiger charge is 2.33. The van der Waals surface area contributed by atoms with Crippen LogP contribution in [0.15, 0.2) is 23.8 Å². The van der Waals surface area contributed by atoms with Crippen LogP contribution in [0.1, 0.15) is 41.3 Å². The zero-order chi connectivity index (χ0) is 16.3. The normalized spacial score (nSPS) is 16.6. The van der Waals surface area contributed by atoms with Gasteiger partial charge in [-0.2, -0.15) is 13.2 Å². The number of hydrogen-bond acceptors (Lipinski definition) is 2. The Morgan fingerprint density at radius 3 is 2.45 bits per heavy atom. The summed E-state index contributed by atoms with van der Waals surface area (Å²) >= 11 is 0. The van der Waals surface area contributed by atoms with Crippen molar-refractivity contribution in [2.45, 2.75) is 25.9 Å². The van der Waals surface area contributed by atoms with Gasteiger partial charge in [0.25, 0.3) is 0 Å². The van der Waals surface area contributed by atoms with E-state index in [-0.39, 0.29) is 11.1 Å². The lowest BCUT2D eigenvalue weighted by atomic mass is 9.97. The van der Waals surface area contributed by atoms with E-state index >= 15 is 0 Å². The van der Waals surface area contributed by atoms with Crippen LogP contribution in [0.4, 0.5) is 13.2 Å². The summed E-state index contributed by atoms with van der Waals surface area (Å²) in [6.07, 6.45) is -1.53. The van der Waals surface area contributed by atoms with Gasteiger partial charge in [-0.3, -0.25) is 0 Å². The molecule has 0 amide bonds. The number of hydrogen-bond donors (Lipinski definition) is 1. The zero-order valence-corrected chi connectivity index (χ0v) is 12.3. The average Bonchev–Trinajstić information content (AvgIpc) is 2.47. The summed E-state index contributed by atoms with van der Waals surface area (Å²) in [5.74, 6) is -1.36. The van der Waals surface area contributed by atoms with Crippen LogP contribution >= 0.6 is 0 Å². The molecular weight excluding hydrogens is 295 g/mol. The highest BCUT2D eigenvalue weighted by atomic mass is 19.4. The number of piperidine rings is 1. The number of likely N-dealkylation sites (tertiary alicyclic amines) is 1. The standard InChI is InChI=1S/C16H18F3NO2/c1-2-20-7-5-11(6-8-20)9-12-3-4-13(15(21)22)10-14(12)16(17,18)19/h3-4,9-10H,2,5-8H2,1H3,(H,21,22). The van der Waals surface area contributed by atoms with Gasteiger partial charge in [-0.25, -0.2) is 4.79 Å². The van der Waals surface area contributed by atoms with Crippen LogP contribution < -0.4 is 0 Å². The summed E-state index contributed by atoms with van der Waals surface area (Å²) in [5, 5.41) is 8.86. The largest absolute Gasteiger partial charge is 0.478 e. The highest BCUT2D eigenvalue weighted by molar-refractivity contribution is 5.88. The van der Waals surface area contributed by atoms with E-state index in [0.29, 0.717) is 6.07 Å². The van der Waals surface area contributed by atoms with Crippen molar-refractivity contribution < 1.29 is 23.1 Å². The average molecular weight is 313 g/mol. The molecule has 0 aliphatic carbocycles. The minimum atomic E-state index is -4.57. The van der Waals surface area contributed by atoms with E-state index < -0.39 is 17.7 Å². The number of alkyl halides is 3. The van der Waals surface area contributed by atoms with Crippen molar-refractivity contribution in [2.75, 3.05) is 19.6 Å². The first-order valence-electron chi connectivity index (χ1n) is 7.17. The molecule has 1 aliphatic rings. The van der Waals surface area contributed by atoms with Gasteiger partial charge in [0, 0.05) is 13.1 Å². The lowest BCUT2D eigenvalue weighted by molar-refractivity contribution is -0.137. The van der Waals surface area contributed by atoms with Gasteiger partial charge in [0.2, 0.25) is 0 Å². The molecule has 0 atom stereocenters. The Kier molecular flexibility index (Phi) is 4.90. The molecule has 0 unspecified atom stereocenters. The lowest BCUT2D eigenvalue weighted by Gasteiger charge is -2.27. The number of nitrogens with zero attached hydrogens (tertiary/aromatic N) is 1. The molecule has 1 aromatic carbocycles. The summed E-state index contributed by atoms with van der Waals surface area (Å²) in [7, 11) is 0. The van der Waals surface area contributed by atoms with E-state index in [2.05, 4.69) is 11.8 Å². The molecule has 1 N–H and O–H groups in total. The number of halogens is 3. The second-order valence-corrected chi connectivity index (χ2v) is 5.34. The van der Waals surface area contributed by atoms with Crippen LogP contribution in [-0.2, 0) is 6.18 Å². The second kappa shape index (κ2) is 6.52. The molecule has 1 aromatic rings. The SMILES string of the molecule is CCN1CCC(=Cc2ccc(C(=O)O)cc2C(F)(F)F)CC1. The van der Waals surface area contributed by atoms with Crippen LogP contribution in [0.2, 0.25) is 0 Å². The Balaban J connectivity index is 2.33. The van der Waals surface area contributed by atoms with E-state index in [4.69, 9.17) is 5.11 Å². The lowest BCUT2D eigenvalue weighted by Crippen LogP contribution is -2.30. The molecule has 0 radical (unpaired) electrons. The van der Waals surface area contributed by atoms with Crippen molar-refractivity contribution in [3.8, 4) is 0 Å². The topological polar surface area (TPSA) is 40.5 Å². The van der Waals surface area contributed by atoms with Crippen LogP contribution in [0, 0.1) is 0 Å². The van der Waals surface area contributed by atoms with Crippen LogP contribution in [0.25, 0.3) is 6.08 Å². The Morgan fingerprint density at radius 1 is 1.32 bits per heavy atom. The van der Waals surface area contributed by atoms with Crippen molar-refractivity contribution in [1.29, 1.82) is 0 Å². The molecule has 0 spiro atoms. The van der Waals surface area contributed by atoms with E-state index in [1.165, 1.54) is 12.1 Å². The summed E-state index contributed by atoms with van der Waals surface area (Å²) in [5.41, 5.74) is -0.233. The van der Waals surface area contributed by atoms with Gasteiger partial charge >= 0.3 is 12.1 Å². The van der Waals surface area contributed by atoms with E-state index in [1.807, 2.05) is 0 Å². The summed E-state index contributed by atoms with van der Waals surface area (Å²) in [6, 6.07) is 3.16. The number of aromatic carboxylic acids is 1. The Labute approximate surface area is 127 Å². The van der Waals surface area contributed by atoms with Crippen molar-refractivity contribution in [3.05, 3.63) is 40.5 Å². The monoisotopic (exact) mass is 313 g/mol. The molecule has 22 heavy (non-hydrogen) atoms. The second-order valence-electron chi connectivity index (χ2n) is 5.34. The third-order valence-corrected chi connectivity index (χ3v) is 3.91. The smallest absolute Gasteiger partial charge is 0.417 e. The first-order chi connectivity index (χ1) is 10.3. The molecule has 1 heterocycles. The van der Waals surface area contributed by atoms with Crippen molar-refractivity contribution in [2.24, 2.45) is 0 Å². The molecule has 3 nitrogen and oxygen atoms in total. The van der Waals surface area contributed by atoms with Gasteiger partial charge in [0.15, 0.2) is 0 Å². The van der Waals surface area contributed by atoms with Crippen LogP contribution in [-0.4, -0.2) is 35.6 Å². The molecule has 0 saturated carbocycles. The molecule has 1 fully saturated rings. The van der Waals surface area contributed by atoms with Gasteiger partial charge in [-0.1, -0.05) is 24.6 Å². The molecule has 0 bridgehead atoms. The van der Waals surface area contributed by atoms with E-state index in [0.717, 1.165) is 38.0 Å². The van der Waals surface area contributed by atoms with E-state index in [9.17, 15) is 18.0 Å². The molecule has 0 aromatic heterocycles. The van der Waals surface area contributed by atoms with Crippen LogP contribution in [0.3, 0.4) is 0 Å². The maximum Gasteiger partial charge on any atom is 0.417 e. The quantitative estimate of drug-likeness (QED) is 0.920. The molecule has 120 valence electrons. The minimum absolute atomic E-state index is 0.0393. The molecule has 1 aliphatic heterocycles. The predicted octanol–water partition coefficient (Wildman–Crippen LogP) is 3.90. The van der Waals surface area contributed by atoms with Gasteiger partial charge in [-0.15, -0.1) is 0 Å². The maximum atomic E-state index is 13.1. The molecule has 2 rings (SSSR count). The van der Waals surface area contributed by atoms with Gasteiger partial charge < -0.3 is 10.0 Å². The highest BCUT2D eigenvalue weighted by Crippen LogP contribution is 2.34. The summed E-state index contributed by atoms with van der Waals surface area (Å²) < 4.78 is 39.4. The van der Waals surface area contributed by atoms with Crippen molar-refractivity contribution >= 4 is 12.0 Å². The predicted molar refractivity (Wildman–Crippen MR) is 77.7 cm³/mol. The number of carbonyl (C=O) groups is 1.